The minimum atomic E-state index is -0.493. The minimum Gasteiger partial charge on any atom is -0.280 e. The van der Waals surface area contributed by atoms with Gasteiger partial charge in [-0.1, -0.05) is 6.07 Å². The molecule has 2 heterocycles. The monoisotopic (exact) mass is 313 g/mol. The van der Waals surface area contributed by atoms with Gasteiger partial charge in [-0.05, 0) is 31.5 Å². The van der Waals surface area contributed by atoms with Gasteiger partial charge in [0.05, 0.1) is 16.3 Å². The van der Waals surface area contributed by atoms with E-state index in [1.807, 2.05) is 0 Å². The number of halogens is 1. The highest BCUT2D eigenvalue weighted by Gasteiger charge is 2.11. The van der Waals surface area contributed by atoms with Gasteiger partial charge in [-0.3, -0.25) is 14.5 Å². The Morgan fingerprint density at radius 1 is 1.22 bits per heavy atom. The van der Waals surface area contributed by atoms with Crippen molar-refractivity contribution in [3.8, 4) is 0 Å². The topological polar surface area (TPSA) is 85.2 Å². The van der Waals surface area contributed by atoms with Crippen LogP contribution >= 0.6 is 0 Å². The Hall–Kier alpha value is -3.16. The fourth-order valence-electron chi connectivity index (χ4n) is 2.16. The van der Waals surface area contributed by atoms with Gasteiger partial charge in [0.15, 0.2) is 5.82 Å². The molecule has 0 radical (unpaired) electrons. The molecule has 8 heteroatoms. The number of benzene rings is 1. The van der Waals surface area contributed by atoms with Crippen LogP contribution in [0.2, 0.25) is 0 Å². The third-order valence-electron chi connectivity index (χ3n) is 3.38. The molecule has 0 spiro atoms. The van der Waals surface area contributed by atoms with Crippen molar-refractivity contribution in [1.29, 1.82) is 0 Å². The zero-order chi connectivity index (χ0) is 16.6. The van der Waals surface area contributed by atoms with Gasteiger partial charge in [0.2, 0.25) is 0 Å². The van der Waals surface area contributed by atoms with E-state index in [1.165, 1.54) is 28.8 Å². The normalized spacial score (nSPS) is 11.4. The number of non-ortho nitro benzene ring substituents is 1. The van der Waals surface area contributed by atoms with E-state index in [0.29, 0.717) is 22.8 Å². The summed E-state index contributed by atoms with van der Waals surface area (Å²) in [6, 6.07) is 7.21. The van der Waals surface area contributed by atoms with Crippen LogP contribution in [-0.2, 0) is 0 Å². The molecule has 3 aromatic rings. The summed E-state index contributed by atoms with van der Waals surface area (Å²) in [6.07, 6.45) is 1.27. The molecular weight excluding hydrogens is 301 g/mol. The van der Waals surface area contributed by atoms with Crippen molar-refractivity contribution in [3.05, 3.63) is 63.7 Å². The maximum atomic E-state index is 13.4. The molecule has 0 fully saturated rings. The number of hydrogen-bond acceptors (Lipinski definition) is 5. The van der Waals surface area contributed by atoms with E-state index >= 15 is 0 Å². The first-order valence-electron chi connectivity index (χ1n) is 6.76. The number of rotatable bonds is 3. The van der Waals surface area contributed by atoms with E-state index in [9.17, 15) is 14.5 Å². The summed E-state index contributed by atoms with van der Waals surface area (Å²) in [5.74, 6) is -0.0386. The molecule has 0 unspecified atom stereocenters. The largest absolute Gasteiger partial charge is 0.280 e. The molecule has 0 aliphatic carbocycles. The number of aromatic nitrogens is 2. The van der Waals surface area contributed by atoms with E-state index in [4.69, 9.17) is 0 Å². The molecule has 0 aliphatic rings. The van der Waals surface area contributed by atoms with Crippen LogP contribution in [0.1, 0.15) is 11.3 Å². The number of hydrogen-bond donors (Lipinski definition) is 0. The molecular formula is C15H12FN5O2. The van der Waals surface area contributed by atoms with Gasteiger partial charge in [0.1, 0.15) is 11.5 Å². The second kappa shape index (κ2) is 5.56. The Morgan fingerprint density at radius 2 is 2.00 bits per heavy atom. The predicted octanol–water partition coefficient (Wildman–Crippen LogP) is 4.41. The van der Waals surface area contributed by atoms with Crippen molar-refractivity contribution >= 4 is 22.8 Å². The van der Waals surface area contributed by atoms with Crippen LogP contribution < -0.4 is 0 Å². The second-order valence-corrected chi connectivity index (χ2v) is 5.02. The van der Waals surface area contributed by atoms with Crippen LogP contribution in [0.15, 0.2) is 46.8 Å². The predicted molar refractivity (Wildman–Crippen MR) is 81.9 cm³/mol. The molecule has 0 saturated heterocycles. The molecule has 0 amide bonds. The van der Waals surface area contributed by atoms with Crippen molar-refractivity contribution < 1.29 is 9.31 Å². The fourth-order valence-corrected chi connectivity index (χ4v) is 2.16. The highest BCUT2D eigenvalue weighted by molar-refractivity contribution is 5.54. The van der Waals surface area contributed by atoms with Crippen molar-refractivity contribution in [2.75, 3.05) is 0 Å². The lowest BCUT2D eigenvalue weighted by atomic mass is 10.2. The van der Waals surface area contributed by atoms with Crippen LogP contribution in [0, 0.1) is 29.8 Å². The van der Waals surface area contributed by atoms with Crippen molar-refractivity contribution in [1.82, 2.24) is 9.38 Å². The number of pyridine rings is 1. The average molecular weight is 313 g/mol. The Bertz CT molecular complexity index is 948. The molecule has 3 rings (SSSR count). The lowest BCUT2D eigenvalue weighted by molar-refractivity contribution is -0.384. The summed E-state index contributed by atoms with van der Waals surface area (Å²) >= 11 is 0. The molecule has 23 heavy (non-hydrogen) atoms. The van der Waals surface area contributed by atoms with Crippen LogP contribution in [0.5, 0.6) is 0 Å². The Morgan fingerprint density at radius 3 is 2.74 bits per heavy atom. The summed E-state index contributed by atoms with van der Waals surface area (Å²) in [4.78, 5) is 14.6. The zero-order valence-electron chi connectivity index (χ0n) is 12.4. The van der Waals surface area contributed by atoms with Crippen LogP contribution in [0.3, 0.4) is 0 Å². The van der Waals surface area contributed by atoms with E-state index in [-0.39, 0.29) is 5.69 Å². The first-order chi connectivity index (χ1) is 11.0. The summed E-state index contributed by atoms with van der Waals surface area (Å²) in [5.41, 5.74) is 2.20. The van der Waals surface area contributed by atoms with Crippen molar-refractivity contribution in [3.63, 3.8) is 0 Å². The maximum absolute atomic E-state index is 13.4. The van der Waals surface area contributed by atoms with Gasteiger partial charge < -0.3 is 0 Å². The number of nitrogens with zero attached hydrogens (tertiary/aromatic N) is 5. The summed E-state index contributed by atoms with van der Waals surface area (Å²) in [7, 11) is 0. The number of nitro benzene ring substituents is 1. The van der Waals surface area contributed by atoms with Crippen molar-refractivity contribution in [2.45, 2.75) is 13.8 Å². The van der Waals surface area contributed by atoms with E-state index < -0.39 is 10.7 Å². The smallest absolute Gasteiger partial charge is 0.271 e. The van der Waals surface area contributed by atoms with Crippen LogP contribution in [0.4, 0.5) is 21.6 Å². The molecule has 0 bridgehead atoms. The Balaban J connectivity index is 2.07. The molecule has 116 valence electrons. The molecule has 0 N–H and O–H groups in total. The third-order valence-corrected chi connectivity index (χ3v) is 3.38. The summed E-state index contributed by atoms with van der Waals surface area (Å²) < 4.78 is 14.9. The number of azo groups is 1. The second-order valence-electron chi connectivity index (χ2n) is 5.02. The zero-order valence-corrected chi connectivity index (χ0v) is 12.4. The Labute approximate surface area is 130 Å². The van der Waals surface area contributed by atoms with Gasteiger partial charge in [-0.15, -0.1) is 10.2 Å². The quantitative estimate of drug-likeness (QED) is 0.407. The first kappa shape index (κ1) is 14.8. The highest BCUT2D eigenvalue weighted by atomic mass is 19.1. The van der Waals surface area contributed by atoms with Crippen LogP contribution in [0.25, 0.3) is 5.65 Å². The third kappa shape index (κ3) is 2.78. The lowest BCUT2D eigenvalue weighted by Gasteiger charge is -2.00. The molecule has 1 aromatic carbocycles. The molecule has 0 atom stereocenters. The number of imidazole rings is 1. The number of nitro groups is 1. The molecule has 0 aliphatic heterocycles. The molecule has 7 nitrogen and oxygen atoms in total. The standard InChI is InChI=1S/C15H12FN5O2/c1-9-3-5-12(21(22)23)7-13(9)18-19-15-10(2)17-14-6-4-11(16)8-20(14)15/h3-8H,1-2H3. The molecule has 0 saturated carbocycles. The number of fused-ring (bicyclic) bond motifs is 1. The Kier molecular flexibility index (Phi) is 3.57. The van der Waals surface area contributed by atoms with Crippen molar-refractivity contribution in [2.24, 2.45) is 10.2 Å². The SMILES string of the molecule is Cc1ccc([N+](=O)[O-])cc1N=Nc1c(C)nc2ccc(F)cn12. The van der Waals surface area contributed by atoms with Gasteiger partial charge in [-0.25, -0.2) is 9.37 Å². The van der Waals surface area contributed by atoms with E-state index in [1.54, 1.807) is 26.0 Å². The lowest BCUT2D eigenvalue weighted by Crippen LogP contribution is -1.88. The average Bonchev–Trinajstić information content (AvgIpc) is 2.81. The minimum absolute atomic E-state index is 0.0644. The maximum Gasteiger partial charge on any atom is 0.271 e. The molecule has 2 aromatic heterocycles. The first-order valence-corrected chi connectivity index (χ1v) is 6.76. The van der Waals surface area contributed by atoms with E-state index in [2.05, 4.69) is 15.2 Å². The van der Waals surface area contributed by atoms with E-state index in [0.717, 1.165) is 5.56 Å². The van der Waals surface area contributed by atoms with Gasteiger partial charge in [-0.2, -0.15) is 0 Å². The fraction of sp³-hybridized carbons (Fsp3) is 0.133. The number of aryl methyl sites for hydroxylation is 2. The van der Waals surface area contributed by atoms with Gasteiger partial charge in [0, 0.05) is 18.3 Å². The van der Waals surface area contributed by atoms with Crippen LogP contribution in [-0.4, -0.2) is 14.3 Å². The highest BCUT2D eigenvalue weighted by Crippen LogP contribution is 2.28. The summed E-state index contributed by atoms with van der Waals surface area (Å²) in [6.45, 7) is 3.51. The summed E-state index contributed by atoms with van der Waals surface area (Å²) in [5, 5.41) is 19.0. The van der Waals surface area contributed by atoms with Gasteiger partial charge >= 0.3 is 0 Å². The van der Waals surface area contributed by atoms with Gasteiger partial charge in [0.25, 0.3) is 5.69 Å².